The highest BCUT2D eigenvalue weighted by molar-refractivity contribution is 7.12. The quantitative estimate of drug-likeness (QED) is 0.389. The first-order valence-electron chi connectivity index (χ1n) is 8.91. The summed E-state index contributed by atoms with van der Waals surface area (Å²) in [5.74, 6) is 1.22. The zero-order valence-electron chi connectivity index (χ0n) is 15.3. The number of amidine groups is 1. The van der Waals surface area contributed by atoms with E-state index in [1.807, 2.05) is 23.6 Å². The van der Waals surface area contributed by atoms with Gasteiger partial charge in [0.05, 0.1) is 10.6 Å². The van der Waals surface area contributed by atoms with Gasteiger partial charge >= 0.3 is 0 Å². The zero-order valence-corrected chi connectivity index (χ0v) is 17.7. The van der Waals surface area contributed by atoms with Gasteiger partial charge in [-0.25, -0.2) is 4.99 Å². The molecular weight excluding hydrogens is 399 g/mol. The van der Waals surface area contributed by atoms with Crippen molar-refractivity contribution in [3.05, 3.63) is 52.3 Å². The average Bonchev–Trinajstić information content (AvgIpc) is 3.31. The SMILES string of the molecule is CNC1CCC(c2c[nH]c3ccc(N=C(N)c4cccs4)cc23)CC1.Cl.Cl. The van der Waals surface area contributed by atoms with Gasteiger partial charge in [-0.3, -0.25) is 0 Å². The summed E-state index contributed by atoms with van der Waals surface area (Å²) in [5.41, 5.74) is 9.67. The van der Waals surface area contributed by atoms with Crippen molar-refractivity contribution in [3.8, 4) is 0 Å². The zero-order chi connectivity index (χ0) is 17.2. The molecule has 1 fully saturated rings. The van der Waals surface area contributed by atoms with Crippen molar-refractivity contribution in [2.45, 2.75) is 37.6 Å². The first-order valence-corrected chi connectivity index (χ1v) is 9.79. The maximum Gasteiger partial charge on any atom is 0.141 e. The van der Waals surface area contributed by atoms with E-state index in [1.54, 1.807) is 11.3 Å². The molecule has 4 N–H and O–H groups in total. The third-order valence-corrected chi connectivity index (χ3v) is 6.19. The molecule has 2 heterocycles. The van der Waals surface area contributed by atoms with E-state index < -0.39 is 0 Å². The second-order valence-corrected chi connectivity index (χ2v) is 7.73. The van der Waals surface area contributed by atoms with Crippen molar-refractivity contribution in [3.63, 3.8) is 0 Å². The molecule has 0 radical (unpaired) electrons. The fourth-order valence-electron chi connectivity index (χ4n) is 3.85. The highest BCUT2D eigenvalue weighted by Crippen LogP contribution is 2.37. The Hall–Kier alpha value is -1.53. The van der Waals surface area contributed by atoms with Gasteiger partial charge in [0.15, 0.2) is 0 Å². The number of aromatic nitrogens is 1. The Morgan fingerprint density at radius 3 is 2.63 bits per heavy atom. The van der Waals surface area contributed by atoms with Gasteiger partial charge in [0, 0.05) is 23.1 Å². The molecule has 1 aliphatic carbocycles. The number of nitrogens with zero attached hydrogens (tertiary/aromatic N) is 1. The van der Waals surface area contributed by atoms with Crippen molar-refractivity contribution >= 4 is 58.6 Å². The lowest BCUT2D eigenvalue weighted by Gasteiger charge is -2.28. The van der Waals surface area contributed by atoms with Crippen LogP contribution < -0.4 is 11.1 Å². The van der Waals surface area contributed by atoms with E-state index >= 15 is 0 Å². The number of aliphatic imine (C=N–C) groups is 1. The Bertz CT molecular complexity index is 881. The lowest BCUT2D eigenvalue weighted by molar-refractivity contribution is 0.360. The van der Waals surface area contributed by atoms with Crippen molar-refractivity contribution in [1.82, 2.24) is 10.3 Å². The van der Waals surface area contributed by atoms with E-state index in [4.69, 9.17) is 5.73 Å². The Morgan fingerprint density at radius 2 is 1.96 bits per heavy atom. The predicted octanol–water partition coefficient (Wildman–Crippen LogP) is 5.36. The normalized spacial score (nSPS) is 20.1. The number of nitrogens with one attached hydrogen (secondary N) is 2. The van der Waals surface area contributed by atoms with Gasteiger partial charge in [-0.1, -0.05) is 6.07 Å². The van der Waals surface area contributed by atoms with Crippen LogP contribution in [0.5, 0.6) is 0 Å². The van der Waals surface area contributed by atoms with Crippen LogP contribution >= 0.6 is 36.2 Å². The number of hydrogen-bond donors (Lipinski definition) is 3. The largest absolute Gasteiger partial charge is 0.383 e. The molecule has 4 rings (SSSR count). The fourth-order valence-corrected chi connectivity index (χ4v) is 4.48. The molecule has 7 heteroatoms. The number of fused-ring (bicyclic) bond motifs is 1. The van der Waals surface area contributed by atoms with Gasteiger partial charge in [-0.15, -0.1) is 36.2 Å². The number of H-pyrrole nitrogens is 1. The maximum atomic E-state index is 6.15. The molecule has 0 atom stereocenters. The molecule has 0 saturated heterocycles. The minimum Gasteiger partial charge on any atom is -0.383 e. The fraction of sp³-hybridized carbons (Fsp3) is 0.350. The Labute approximate surface area is 176 Å². The number of rotatable bonds is 4. The summed E-state index contributed by atoms with van der Waals surface area (Å²) in [7, 11) is 2.07. The minimum atomic E-state index is 0. The third-order valence-electron chi connectivity index (χ3n) is 5.30. The van der Waals surface area contributed by atoms with Crippen LogP contribution in [0.25, 0.3) is 10.9 Å². The molecule has 146 valence electrons. The molecule has 0 aliphatic heterocycles. The molecule has 0 spiro atoms. The molecule has 0 unspecified atom stereocenters. The smallest absolute Gasteiger partial charge is 0.141 e. The summed E-state index contributed by atoms with van der Waals surface area (Å²) in [5, 5.41) is 6.72. The molecule has 2 aromatic heterocycles. The second kappa shape index (κ2) is 9.60. The van der Waals surface area contributed by atoms with Crippen molar-refractivity contribution in [1.29, 1.82) is 0 Å². The third kappa shape index (κ3) is 4.66. The standard InChI is InChI=1S/C20H24N4S.2ClH/c1-22-14-6-4-13(5-7-14)17-12-23-18-9-8-15(11-16(17)18)24-20(21)19-3-2-10-25-19;;/h2-3,8-14,22-23H,4-7H2,1H3,(H2,21,24);2*1H. The van der Waals surface area contributed by atoms with Crippen LogP contribution in [0, 0.1) is 0 Å². The molecule has 1 aromatic carbocycles. The van der Waals surface area contributed by atoms with Crippen LogP contribution in [0.3, 0.4) is 0 Å². The van der Waals surface area contributed by atoms with E-state index in [9.17, 15) is 0 Å². The van der Waals surface area contributed by atoms with E-state index in [1.165, 1.54) is 42.1 Å². The van der Waals surface area contributed by atoms with Gasteiger partial charge in [-0.2, -0.15) is 0 Å². The number of halogens is 2. The van der Waals surface area contributed by atoms with Gasteiger partial charge in [0.1, 0.15) is 5.84 Å². The summed E-state index contributed by atoms with van der Waals surface area (Å²) < 4.78 is 0. The van der Waals surface area contributed by atoms with Gasteiger partial charge in [0.2, 0.25) is 0 Å². The minimum absolute atomic E-state index is 0. The maximum absolute atomic E-state index is 6.15. The van der Waals surface area contributed by atoms with Crippen molar-refractivity contribution in [2.24, 2.45) is 10.7 Å². The molecule has 3 aromatic rings. The van der Waals surface area contributed by atoms with Crippen LogP contribution in [0.2, 0.25) is 0 Å². The number of nitrogens with two attached hydrogens (primary N) is 1. The van der Waals surface area contributed by atoms with Crippen LogP contribution in [0.15, 0.2) is 46.9 Å². The molecular formula is C20H26Cl2N4S. The number of hydrogen-bond acceptors (Lipinski definition) is 3. The lowest BCUT2D eigenvalue weighted by Crippen LogP contribution is -2.29. The summed E-state index contributed by atoms with van der Waals surface area (Å²) in [4.78, 5) is 9.06. The highest BCUT2D eigenvalue weighted by atomic mass is 35.5. The van der Waals surface area contributed by atoms with Gasteiger partial charge < -0.3 is 16.0 Å². The summed E-state index contributed by atoms with van der Waals surface area (Å²) in [6.45, 7) is 0. The van der Waals surface area contributed by atoms with Gasteiger partial charge in [0.25, 0.3) is 0 Å². The first-order chi connectivity index (χ1) is 12.2. The summed E-state index contributed by atoms with van der Waals surface area (Å²) in [6.07, 6.45) is 7.16. The molecule has 1 aliphatic rings. The number of aromatic amines is 1. The number of benzene rings is 1. The Kier molecular flexibility index (Phi) is 7.74. The van der Waals surface area contributed by atoms with E-state index in [0.29, 0.717) is 17.8 Å². The molecule has 0 bridgehead atoms. The molecule has 1 saturated carbocycles. The Morgan fingerprint density at radius 1 is 1.19 bits per heavy atom. The lowest BCUT2D eigenvalue weighted by atomic mass is 9.81. The summed E-state index contributed by atoms with van der Waals surface area (Å²) >= 11 is 1.62. The molecule has 4 nitrogen and oxygen atoms in total. The van der Waals surface area contributed by atoms with Crippen molar-refractivity contribution in [2.75, 3.05) is 7.05 Å². The molecule has 27 heavy (non-hydrogen) atoms. The van der Waals surface area contributed by atoms with E-state index in [0.717, 1.165) is 10.6 Å². The van der Waals surface area contributed by atoms with Crippen LogP contribution in [0.1, 0.15) is 42.0 Å². The number of thiophene rings is 1. The first kappa shape index (κ1) is 21.8. The predicted molar refractivity (Wildman–Crippen MR) is 122 cm³/mol. The highest BCUT2D eigenvalue weighted by Gasteiger charge is 2.23. The van der Waals surface area contributed by atoms with E-state index in [-0.39, 0.29) is 24.8 Å². The topological polar surface area (TPSA) is 66.2 Å². The second-order valence-electron chi connectivity index (χ2n) is 6.79. The monoisotopic (exact) mass is 424 g/mol. The van der Waals surface area contributed by atoms with Crippen LogP contribution in [-0.2, 0) is 0 Å². The van der Waals surface area contributed by atoms with Crippen LogP contribution in [0.4, 0.5) is 5.69 Å². The Balaban J connectivity index is 0.00000131. The molecule has 0 amide bonds. The summed E-state index contributed by atoms with van der Waals surface area (Å²) in [6, 6.07) is 11.0. The van der Waals surface area contributed by atoms with Crippen molar-refractivity contribution < 1.29 is 0 Å². The van der Waals surface area contributed by atoms with E-state index in [2.05, 4.69) is 40.7 Å². The van der Waals surface area contributed by atoms with Crippen LogP contribution in [-0.4, -0.2) is 23.9 Å². The average molecular weight is 425 g/mol. The van der Waals surface area contributed by atoms with Gasteiger partial charge in [-0.05, 0) is 73.9 Å².